The number of carbonyl (C=O) groups is 2. The van der Waals surface area contributed by atoms with Crippen molar-refractivity contribution in [1.29, 1.82) is 0 Å². The van der Waals surface area contributed by atoms with Gasteiger partial charge in [-0.05, 0) is 18.8 Å². The van der Waals surface area contributed by atoms with Gasteiger partial charge in [-0.3, -0.25) is 14.1 Å². The van der Waals surface area contributed by atoms with Gasteiger partial charge in [0.1, 0.15) is 6.61 Å². The van der Waals surface area contributed by atoms with Crippen molar-refractivity contribution in [2.75, 3.05) is 13.2 Å². The first kappa shape index (κ1) is 51.0. The third kappa shape index (κ3) is 41.8. The van der Waals surface area contributed by atoms with Crippen LogP contribution in [0.5, 0.6) is 0 Å². The molecule has 0 rings (SSSR count). The van der Waals surface area contributed by atoms with Gasteiger partial charge in [0, 0.05) is 12.8 Å². The summed E-state index contributed by atoms with van der Waals surface area (Å²) in [5.41, 5.74) is 0. The molecule has 0 aliphatic rings. The zero-order chi connectivity index (χ0) is 38.4. The van der Waals surface area contributed by atoms with E-state index in [1.165, 1.54) is 167 Å². The number of ether oxygens (including phenoxy) is 2. The molecule has 0 spiro atoms. The summed E-state index contributed by atoms with van der Waals surface area (Å²) in [6.07, 6.45) is 39.7. The highest BCUT2D eigenvalue weighted by molar-refractivity contribution is 7.46. The molecule has 52 heavy (non-hydrogen) atoms. The SMILES string of the molecule is CCCCCCCCCCCCCCCC(=O)O[C@H](COC(=O)CCCCCCCCCCCCCCCCCCCCC(C)C)COP(=O)(O)O. The second-order valence-corrected chi connectivity index (χ2v) is 17.1. The van der Waals surface area contributed by atoms with Crippen molar-refractivity contribution in [2.24, 2.45) is 5.92 Å². The van der Waals surface area contributed by atoms with E-state index in [-0.39, 0.29) is 19.4 Å². The molecule has 0 aliphatic carbocycles. The molecule has 2 N–H and O–H groups in total. The van der Waals surface area contributed by atoms with Crippen LogP contribution in [0.4, 0.5) is 0 Å². The quantitative estimate of drug-likeness (QED) is 0.0359. The molecule has 0 aromatic carbocycles. The molecule has 0 aromatic heterocycles. The van der Waals surface area contributed by atoms with Crippen LogP contribution >= 0.6 is 7.82 Å². The standard InChI is InChI=1S/C43H85O8P/c1-4-5-6-7-8-9-10-17-22-25-28-31-34-37-43(45)51-41(39-50-52(46,47)48)38-49-42(44)36-33-30-27-24-21-19-16-14-12-11-13-15-18-20-23-26-29-32-35-40(2)3/h40-41H,4-39H2,1-3H3,(H2,46,47,48)/t41-/m1/s1. The molecule has 0 amide bonds. The monoisotopic (exact) mass is 761 g/mol. The van der Waals surface area contributed by atoms with Gasteiger partial charge in [-0.2, -0.15) is 0 Å². The minimum Gasteiger partial charge on any atom is -0.462 e. The largest absolute Gasteiger partial charge is 0.469 e. The fourth-order valence-electron chi connectivity index (χ4n) is 6.74. The van der Waals surface area contributed by atoms with Crippen molar-refractivity contribution in [3.63, 3.8) is 0 Å². The van der Waals surface area contributed by atoms with Crippen LogP contribution < -0.4 is 0 Å². The molecule has 0 saturated carbocycles. The molecule has 0 radical (unpaired) electrons. The molecule has 0 saturated heterocycles. The van der Waals surface area contributed by atoms with Crippen LogP contribution in [0, 0.1) is 5.92 Å². The first-order chi connectivity index (χ1) is 25.1. The molecule has 8 nitrogen and oxygen atoms in total. The molecule has 0 fully saturated rings. The van der Waals surface area contributed by atoms with Crippen LogP contribution in [0.25, 0.3) is 0 Å². The van der Waals surface area contributed by atoms with Crippen LogP contribution in [-0.2, 0) is 28.2 Å². The predicted molar refractivity (Wildman–Crippen MR) is 216 cm³/mol. The van der Waals surface area contributed by atoms with Crippen LogP contribution in [0.1, 0.15) is 239 Å². The van der Waals surface area contributed by atoms with E-state index in [1.807, 2.05) is 0 Å². The fourth-order valence-corrected chi connectivity index (χ4v) is 7.10. The van der Waals surface area contributed by atoms with Crippen molar-refractivity contribution in [1.82, 2.24) is 0 Å². The average Bonchev–Trinajstić information content (AvgIpc) is 3.10. The molecule has 310 valence electrons. The molecular weight excluding hydrogens is 675 g/mol. The number of phosphoric acid groups is 1. The number of hydrogen-bond acceptors (Lipinski definition) is 6. The number of phosphoric ester groups is 1. The molecule has 0 unspecified atom stereocenters. The molecule has 0 aromatic rings. The van der Waals surface area contributed by atoms with Gasteiger partial charge < -0.3 is 19.3 Å². The van der Waals surface area contributed by atoms with E-state index in [9.17, 15) is 14.2 Å². The van der Waals surface area contributed by atoms with Crippen LogP contribution in [0.2, 0.25) is 0 Å². The summed E-state index contributed by atoms with van der Waals surface area (Å²) in [4.78, 5) is 42.9. The van der Waals surface area contributed by atoms with Gasteiger partial charge in [-0.1, -0.05) is 213 Å². The number of unbranched alkanes of at least 4 members (excludes halogenated alkanes) is 29. The highest BCUT2D eigenvalue weighted by Gasteiger charge is 2.23. The van der Waals surface area contributed by atoms with Gasteiger partial charge in [0.05, 0.1) is 6.61 Å². The van der Waals surface area contributed by atoms with Crippen LogP contribution in [-0.4, -0.2) is 41.0 Å². The third-order valence-electron chi connectivity index (χ3n) is 10.1. The zero-order valence-corrected chi connectivity index (χ0v) is 35.3. The summed E-state index contributed by atoms with van der Waals surface area (Å²) in [5, 5.41) is 0. The average molecular weight is 761 g/mol. The van der Waals surface area contributed by atoms with E-state index in [4.69, 9.17) is 19.3 Å². The van der Waals surface area contributed by atoms with E-state index in [0.717, 1.165) is 38.0 Å². The Morgan fingerprint density at radius 3 is 1.15 bits per heavy atom. The van der Waals surface area contributed by atoms with E-state index >= 15 is 0 Å². The number of esters is 2. The summed E-state index contributed by atoms with van der Waals surface area (Å²) >= 11 is 0. The minimum absolute atomic E-state index is 0.219. The van der Waals surface area contributed by atoms with E-state index in [2.05, 4.69) is 25.3 Å². The summed E-state index contributed by atoms with van der Waals surface area (Å²) in [7, 11) is -4.75. The van der Waals surface area contributed by atoms with E-state index < -0.39 is 32.5 Å². The topological polar surface area (TPSA) is 119 Å². The lowest BCUT2D eigenvalue weighted by molar-refractivity contribution is -0.161. The van der Waals surface area contributed by atoms with Gasteiger partial charge in [0.15, 0.2) is 6.10 Å². The molecule has 0 bridgehead atoms. The molecular formula is C43H85O8P. The number of carbonyl (C=O) groups excluding carboxylic acids is 2. The Bertz CT molecular complexity index is 830. The Morgan fingerprint density at radius 2 is 0.808 bits per heavy atom. The lowest BCUT2D eigenvalue weighted by atomic mass is 10.0. The van der Waals surface area contributed by atoms with Gasteiger partial charge in [-0.25, -0.2) is 4.57 Å². The Balaban J connectivity index is 3.79. The third-order valence-corrected chi connectivity index (χ3v) is 10.5. The predicted octanol–water partition coefficient (Wildman–Crippen LogP) is 13.5. The summed E-state index contributed by atoms with van der Waals surface area (Å²) in [6, 6.07) is 0. The van der Waals surface area contributed by atoms with Crippen LogP contribution in [0.15, 0.2) is 0 Å². The second-order valence-electron chi connectivity index (χ2n) is 15.9. The van der Waals surface area contributed by atoms with Crippen molar-refractivity contribution >= 4 is 19.8 Å². The second kappa shape index (κ2) is 38.3. The van der Waals surface area contributed by atoms with E-state index in [0.29, 0.717) is 6.42 Å². The lowest BCUT2D eigenvalue weighted by Gasteiger charge is -2.18. The minimum atomic E-state index is -4.75. The molecule has 0 aliphatic heterocycles. The molecule has 1 atom stereocenters. The van der Waals surface area contributed by atoms with Gasteiger partial charge >= 0.3 is 19.8 Å². The van der Waals surface area contributed by atoms with Gasteiger partial charge in [0.2, 0.25) is 0 Å². The normalized spacial score (nSPS) is 12.4. The maximum absolute atomic E-state index is 12.4. The maximum atomic E-state index is 12.4. The smallest absolute Gasteiger partial charge is 0.462 e. The summed E-state index contributed by atoms with van der Waals surface area (Å²) < 4.78 is 26.4. The number of hydrogen-bond donors (Lipinski definition) is 2. The Hall–Kier alpha value is -0.950. The fraction of sp³-hybridized carbons (Fsp3) is 0.953. The van der Waals surface area contributed by atoms with Crippen molar-refractivity contribution in [3.05, 3.63) is 0 Å². The highest BCUT2D eigenvalue weighted by Crippen LogP contribution is 2.36. The molecule has 9 heteroatoms. The van der Waals surface area contributed by atoms with Crippen molar-refractivity contribution in [2.45, 2.75) is 245 Å². The Labute approximate surface area is 321 Å². The van der Waals surface area contributed by atoms with E-state index in [1.54, 1.807) is 0 Å². The first-order valence-corrected chi connectivity index (χ1v) is 23.7. The zero-order valence-electron chi connectivity index (χ0n) is 34.4. The van der Waals surface area contributed by atoms with Crippen molar-refractivity contribution < 1.29 is 37.9 Å². The maximum Gasteiger partial charge on any atom is 0.469 e. The Morgan fingerprint density at radius 1 is 0.481 bits per heavy atom. The highest BCUT2D eigenvalue weighted by atomic mass is 31.2. The first-order valence-electron chi connectivity index (χ1n) is 22.2. The van der Waals surface area contributed by atoms with Gasteiger partial charge in [-0.15, -0.1) is 0 Å². The molecule has 0 heterocycles. The number of rotatable bonds is 41. The summed E-state index contributed by atoms with van der Waals surface area (Å²) in [6.45, 7) is 6.08. The summed E-state index contributed by atoms with van der Waals surface area (Å²) in [5.74, 6) is -0.0167. The van der Waals surface area contributed by atoms with Crippen molar-refractivity contribution in [3.8, 4) is 0 Å². The Kier molecular flexibility index (Phi) is 37.6. The van der Waals surface area contributed by atoms with Gasteiger partial charge in [0.25, 0.3) is 0 Å². The van der Waals surface area contributed by atoms with Crippen LogP contribution in [0.3, 0.4) is 0 Å². The lowest BCUT2D eigenvalue weighted by Crippen LogP contribution is -2.29.